The van der Waals surface area contributed by atoms with Crippen molar-refractivity contribution in [3.8, 4) is 0 Å². The third-order valence-electron chi connectivity index (χ3n) is 3.10. The predicted octanol–water partition coefficient (Wildman–Crippen LogP) is 2.74. The van der Waals surface area contributed by atoms with Gasteiger partial charge in [-0.25, -0.2) is 4.39 Å². The lowest BCUT2D eigenvalue weighted by Crippen LogP contribution is -2.19. The maximum Gasteiger partial charge on any atom is 0.123 e. The van der Waals surface area contributed by atoms with E-state index in [1.165, 1.54) is 12.1 Å². The van der Waals surface area contributed by atoms with Crippen LogP contribution in [0.2, 0.25) is 0 Å². The molecule has 1 aliphatic heterocycles. The van der Waals surface area contributed by atoms with Crippen LogP contribution >= 0.6 is 11.8 Å². The lowest BCUT2D eigenvalue weighted by atomic mass is 10.1. The molecule has 3 unspecified atom stereocenters. The Morgan fingerprint density at radius 2 is 2.18 bits per heavy atom. The van der Waals surface area contributed by atoms with Gasteiger partial charge in [-0.3, -0.25) is 0 Å². The molecule has 1 heterocycles. The van der Waals surface area contributed by atoms with Gasteiger partial charge in [0.1, 0.15) is 5.82 Å². The highest BCUT2D eigenvalue weighted by atomic mass is 32.2. The molecule has 1 aromatic rings. The second-order valence-corrected chi connectivity index (χ2v) is 5.76. The van der Waals surface area contributed by atoms with Gasteiger partial charge in [0.05, 0.1) is 6.10 Å². The third kappa shape index (κ3) is 3.21. The number of rotatable bonds is 4. The van der Waals surface area contributed by atoms with Gasteiger partial charge in [0, 0.05) is 23.7 Å². The van der Waals surface area contributed by atoms with Crippen molar-refractivity contribution in [1.82, 2.24) is 0 Å². The zero-order valence-electron chi connectivity index (χ0n) is 9.93. The van der Waals surface area contributed by atoms with Crippen LogP contribution in [0.1, 0.15) is 24.2 Å². The molecule has 0 radical (unpaired) electrons. The smallest absolute Gasteiger partial charge is 0.123 e. The van der Waals surface area contributed by atoms with E-state index in [0.717, 1.165) is 18.6 Å². The van der Waals surface area contributed by atoms with E-state index in [4.69, 9.17) is 10.5 Å². The molecular weight excluding hydrogens is 237 g/mol. The van der Waals surface area contributed by atoms with E-state index in [1.807, 2.05) is 23.9 Å². The van der Waals surface area contributed by atoms with Crippen molar-refractivity contribution in [3.05, 3.63) is 35.6 Å². The molecule has 0 spiro atoms. The van der Waals surface area contributed by atoms with Gasteiger partial charge in [0.2, 0.25) is 0 Å². The largest absolute Gasteiger partial charge is 0.377 e. The minimum absolute atomic E-state index is 0.202. The first kappa shape index (κ1) is 12.9. The highest BCUT2D eigenvalue weighted by Crippen LogP contribution is 2.37. The van der Waals surface area contributed by atoms with Crippen LogP contribution in [0.25, 0.3) is 0 Å². The van der Waals surface area contributed by atoms with Crippen LogP contribution in [-0.2, 0) is 4.74 Å². The van der Waals surface area contributed by atoms with Gasteiger partial charge < -0.3 is 10.5 Å². The van der Waals surface area contributed by atoms with Crippen molar-refractivity contribution >= 4 is 11.8 Å². The summed E-state index contributed by atoms with van der Waals surface area (Å²) >= 11 is 1.85. The highest BCUT2D eigenvalue weighted by molar-refractivity contribution is 8.00. The lowest BCUT2D eigenvalue weighted by Gasteiger charge is -2.21. The van der Waals surface area contributed by atoms with Gasteiger partial charge in [-0.1, -0.05) is 12.1 Å². The molecule has 17 heavy (non-hydrogen) atoms. The second kappa shape index (κ2) is 5.85. The molecule has 0 aliphatic carbocycles. The molecule has 1 aliphatic rings. The number of nitrogens with two attached hydrogens (primary N) is 1. The minimum Gasteiger partial charge on any atom is -0.377 e. The summed E-state index contributed by atoms with van der Waals surface area (Å²) in [5.74, 6) is -0.202. The fourth-order valence-corrected chi connectivity index (χ4v) is 3.43. The van der Waals surface area contributed by atoms with Crippen LogP contribution in [0, 0.1) is 5.82 Å². The molecule has 0 aromatic heterocycles. The first-order valence-electron chi connectivity index (χ1n) is 5.93. The van der Waals surface area contributed by atoms with Crippen molar-refractivity contribution in [3.63, 3.8) is 0 Å². The maximum atomic E-state index is 12.9. The molecular formula is C13H18FNOS. The Hall–Kier alpha value is -0.580. The number of thioether (sulfide) groups is 1. The van der Waals surface area contributed by atoms with Gasteiger partial charge in [-0.2, -0.15) is 0 Å². The monoisotopic (exact) mass is 255 g/mol. The average molecular weight is 255 g/mol. The molecule has 0 amide bonds. The van der Waals surface area contributed by atoms with E-state index >= 15 is 0 Å². The molecule has 2 nitrogen and oxygen atoms in total. The summed E-state index contributed by atoms with van der Waals surface area (Å²) in [5, 5.41) is 0.721. The fraction of sp³-hybridized carbons (Fsp3) is 0.538. The van der Waals surface area contributed by atoms with Gasteiger partial charge in [-0.05, 0) is 31.0 Å². The summed E-state index contributed by atoms with van der Waals surface area (Å²) in [7, 11) is 0. The van der Waals surface area contributed by atoms with Gasteiger partial charge in [0.25, 0.3) is 0 Å². The normalized spacial score (nSPS) is 26.1. The molecule has 2 N–H and O–H groups in total. The Morgan fingerprint density at radius 3 is 2.71 bits per heavy atom. The van der Waals surface area contributed by atoms with Gasteiger partial charge in [-0.15, -0.1) is 11.8 Å². The highest BCUT2D eigenvalue weighted by Gasteiger charge is 2.27. The summed E-state index contributed by atoms with van der Waals surface area (Å²) in [5.41, 5.74) is 6.91. The Labute approximate surface area is 106 Å². The number of halogens is 1. The first-order chi connectivity index (χ1) is 8.20. The topological polar surface area (TPSA) is 35.2 Å². The quantitative estimate of drug-likeness (QED) is 0.898. The standard InChI is InChI=1S/C13H18FNOS/c1-9-12(6-7-16-9)17-13(8-15)10-2-4-11(14)5-3-10/h2-5,9,12-13H,6-8,15H2,1H3. The van der Waals surface area contributed by atoms with E-state index in [1.54, 1.807) is 0 Å². The summed E-state index contributed by atoms with van der Waals surface area (Å²) in [6, 6.07) is 6.63. The van der Waals surface area contributed by atoms with E-state index in [0.29, 0.717) is 11.8 Å². The van der Waals surface area contributed by atoms with Crippen molar-refractivity contribution in [2.45, 2.75) is 29.9 Å². The molecule has 0 bridgehead atoms. The molecule has 1 fully saturated rings. The van der Waals surface area contributed by atoms with Crippen LogP contribution in [-0.4, -0.2) is 24.5 Å². The van der Waals surface area contributed by atoms with Crippen LogP contribution < -0.4 is 5.73 Å². The summed E-state index contributed by atoms with van der Waals surface area (Å²) in [6.07, 6.45) is 1.36. The summed E-state index contributed by atoms with van der Waals surface area (Å²) < 4.78 is 18.4. The van der Waals surface area contributed by atoms with Crippen LogP contribution in [0.4, 0.5) is 4.39 Å². The van der Waals surface area contributed by atoms with Crippen molar-refractivity contribution in [1.29, 1.82) is 0 Å². The van der Waals surface area contributed by atoms with Crippen molar-refractivity contribution in [2.75, 3.05) is 13.2 Å². The molecule has 1 saturated heterocycles. The molecule has 0 saturated carbocycles. The van der Waals surface area contributed by atoms with E-state index in [2.05, 4.69) is 6.92 Å². The first-order valence-corrected chi connectivity index (χ1v) is 6.87. The van der Waals surface area contributed by atoms with Crippen LogP contribution in [0.3, 0.4) is 0 Å². The van der Waals surface area contributed by atoms with Gasteiger partial charge >= 0.3 is 0 Å². The molecule has 4 heteroatoms. The fourth-order valence-electron chi connectivity index (χ4n) is 2.05. The van der Waals surface area contributed by atoms with Gasteiger partial charge in [0.15, 0.2) is 0 Å². The minimum atomic E-state index is -0.202. The number of ether oxygens (including phenoxy) is 1. The molecule has 2 rings (SSSR count). The number of hydrogen-bond donors (Lipinski definition) is 1. The zero-order valence-corrected chi connectivity index (χ0v) is 10.8. The van der Waals surface area contributed by atoms with E-state index in [9.17, 15) is 4.39 Å². The number of hydrogen-bond acceptors (Lipinski definition) is 3. The molecule has 3 atom stereocenters. The average Bonchev–Trinajstić information content (AvgIpc) is 2.73. The lowest BCUT2D eigenvalue weighted by molar-refractivity contribution is 0.127. The van der Waals surface area contributed by atoms with Crippen LogP contribution in [0.15, 0.2) is 24.3 Å². The Bertz CT molecular complexity index is 357. The Balaban J connectivity index is 2.03. The van der Waals surface area contributed by atoms with E-state index in [-0.39, 0.29) is 17.2 Å². The summed E-state index contributed by atoms with van der Waals surface area (Å²) in [4.78, 5) is 0. The summed E-state index contributed by atoms with van der Waals surface area (Å²) in [6.45, 7) is 3.50. The van der Waals surface area contributed by atoms with E-state index < -0.39 is 0 Å². The third-order valence-corrected chi connectivity index (χ3v) is 4.86. The molecule has 1 aromatic carbocycles. The SMILES string of the molecule is CC1OCCC1SC(CN)c1ccc(F)cc1. The van der Waals surface area contributed by atoms with Crippen LogP contribution in [0.5, 0.6) is 0 Å². The maximum absolute atomic E-state index is 12.9. The molecule has 94 valence electrons. The van der Waals surface area contributed by atoms with Crippen molar-refractivity contribution in [2.24, 2.45) is 5.73 Å². The Morgan fingerprint density at radius 1 is 1.47 bits per heavy atom. The van der Waals surface area contributed by atoms with Crippen molar-refractivity contribution < 1.29 is 9.13 Å². The number of benzene rings is 1. The second-order valence-electron chi connectivity index (χ2n) is 4.32. The zero-order chi connectivity index (χ0) is 12.3. The predicted molar refractivity (Wildman–Crippen MR) is 69.6 cm³/mol. The Kier molecular flexibility index (Phi) is 4.42.